The minimum Gasteiger partial charge on any atom is -0.387 e. The van der Waals surface area contributed by atoms with E-state index >= 15 is 0 Å². The molecule has 4 fully saturated rings. The molecule has 1 aliphatic carbocycles. The fourth-order valence-electron chi connectivity index (χ4n) is 3.44. The first kappa shape index (κ1) is 21.3. The second kappa shape index (κ2) is 11.0. The van der Waals surface area contributed by atoms with E-state index in [4.69, 9.17) is 42.6 Å². The highest BCUT2D eigenvalue weighted by Crippen LogP contribution is 2.42. The SMILES string of the molecule is COCCOCCOC1C2OC3O[C@@H]1C(OCCOCCOC)[C@@H](O3)[C@@H]2O. The molecule has 7 atom stereocenters. The number of hydrogen-bond donors (Lipinski definition) is 1. The van der Waals surface area contributed by atoms with Crippen LogP contribution in [0.25, 0.3) is 0 Å². The molecule has 0 aromatic rings. The molecule has 27 heavy (non-hydrogen) atoms. The van der Waals surface area contributed by atoms with Crippen molar-refractivity contribution in [3.05, 3.63) is 0 Å². The van der Waals surface area contributed by atoms with Crippen molar-refractivity contribution in [2.75, 3.05) is 67.1 Å². The van der Waals surface area contributed by atoms with Crippen LogP contribution in [0, 0.1) is 0 Å². The summed E-state index contributed by atoms with van der Waals surface area (Å²) in [5, 5.41) is 10.6. The van der Waals surface area contributed by atoms with Gasteiger partial charge in [-0.1, -0.05) is 0 Å². The summed E-state index contributed by atoms with van der Waals surface area (Å²) in [6.07, 6.45) is -3.16. The Hall–Kier alpha value is -0.400. The predicted octanol–water partition coefficient (Wildman–Crippen LogP) is -1.08. The van der Waals surface area contributed by atoms with Gasteiger partial charge in [-0.3, -0.25) is 0 Å². The molecule has 158 valence electrons. The Morgan fingerprint density at radius 3 is 1.56 bits per heavy atom. The first-order valence-corrected chi connectivity index (χ1v) is 9.27. The summed E-state index contributed by atoms with van der Waals surface area (Å²) in [5.41, 5.74) is 0. The van der Waals surface area contributed by atoms with Gasteiger partial charge in [0.05, 0.1) is 52.9 Å². The largest absolute Gasteiger partial charge is 0.387 e. The molecule has 3 aliphatic heterocycles. The molecule has 0 aromatic carbocycles. The third-order valence-corrected chi connectivity index (χ3v) is 4.71. The van der Waals surface area contributed by atoms with Gasteiger partial charge in [0, 0.05) is 14.2 Å². The summed E-state index contributed by atoms with van der Waals surface area (Å²) < 4.78 is 49.4. The Labute approximate surface area is 158 Å². The highest BCUT2D eigenvalue weighted by molar-refractivity contribution is 5.06. The Morgan fingerprint density at radius 2 is 1.07 bits per heavy atom. The molecule has 4 aliphatic rings. The zero-order valence-corrected chi connectivity index (χ0v) is 15.8. The monoisotopic (exact) mass is 394 g/mol. The Morgan fingerprint density at radius 1 is 0.630 bits per heavy atom. The lowest BCUT2D eigenvalue weighted by molar-refractivity contribution is -0.486. The van der Waals surface area contributed by atoms with Crippen molar-refractivity contribution in [1.82, 2.24) is 0 Å². The van der Waals surface area contributed by atoms with Gasteiger partial charge in [-0.25, -0.2) is 0 Å². The van der Waals surface area contributed by atoms with Crippen molar-refractivity contribution < 1.29 is 47.7 Å². The molecule has 10 nitrogen and oxygen atoms in total. The topological polar surface area (TPSA) is 103 Å². The summed E-state index contributed by atoms with van der Waals surface area (Å²) in [5.74, 6) is 0. The number of ether oxygens (including phenoxy) is 9. The lowest BCUT2D eigenvalue weighted by atomic mass is 9.82. The predicted molar refractivity (Wildman–Crippen MR) is 89.3 cm³/mol. The molecular weight excluding hydrogens is 364 g/mol. The van der Waals surface area contributed by atoms with Crippen molar-refractivity contribution in [2.45, 2.75) is 43.1 Å². The fraction of sp³-hybridized carbons (Fsp3) is 1.00. The number of hydrogen-bond acceptors (Lipinski definition) is 10. The zero-order valence-electron chi connectivity index (χ0n) is 15.8. The Kier molecular flexibility index (Phi) is 8.65. The Bertz CT molecular complexity index is 391. The van der Waals surface area contributed by atoms with Gasteiger partial charge in [-0.15, -0.1) is 0 Å². The molecule has 4 bridgehead atoms. The van der Waals surface area contributed by atoms with E-state index in [1.54, 1.807) is 14.2 Å². The van der Waals surface area contributed by atoms with Gasteiger partial charge in [0.25, 0.3) is 6.48 Å². The van der Waals surface area contributed by atoms with Crippen LogP contribution in [-0.2, 0) is 42.6 Å². The smallest absolute Gasteiger partial charge is 0.272 e. The van der Waals surface area contributed by atoms with E-state index in [0.717, 1.165) is 0 Å². The molecule has 0 aromatic heterocycles. The summed E-state index contributed by atoms with van der Waals surface area (Å²) in [6.45, 7) is 2.80. The molecular formula is C17H30O10. The summed E-state index contributed by atoms with van der Waals surface area (Å²) in [7, 11) is 3.24. The van der Waals surface area contributed by atoms with Crippen LogP contribution in [-0.4, -0.2) is 115 Å². The lowest BCUT2D eigenvalue weighted by Gasteiger charge is -2.57. The van der Waals surface area contributed by atoms with E-state index < -0.39 is 37.0 Å². The number of aliphatic hydroxyl groups excluding tert-OH is 1. The summed E-state index contributed by atoms with van der Waals surface area (Å²) in [6, 6.07) is 0. The molecule has 3 heterocycles. The molecule has 1 saturated carbocycles. The third-order valence-electron chi connectivity index (χ3n) is 4.71. The number of aliphatic hydroxyl groups is 1. The van der Waals surface area contributed by atoms with E-state index in [1.807, 2.05) is 0 Å². The minimum absolute atomic E-state index is 0.351. The second-order valence-electron chi connectivity index (χ2n) is 6.46. The molecule has 4 rings (SSSR count). The number of methoxy groups -OCH3 is 2. The van der Waals surface area contributed by atoms with Crippen LogP contribution in [0.3, 0.4) is 0 Å². The maximum Gasteiger partial charge on any atom is 0.272 e. The lowest BCUT2D eigenvalue weighted by Crippen LogP contribution is -2.76. The molecule has 0 radical (unpaired) electrons. The van der Waals surface area contributed by atoms with Crippen LogP contribution in [0.5, 0.6) is 0 Å². The van der Waals surface area contributed by atoms with Crippen LogP contribution >= 0.6 is 0 Å². The van der Waals surface area contributed by atoms with Gasteiger partial charge in [-0.05, 0) is 0 Å². The van der Waals surface area contributed by atoms with Crippen LogP contribution in [0.2, 0.25) is 0 Å². The molecule has 3 saturated heterocycles. The maximum atomic E-state index is 10.6. The normalized spacial score (nSPS) is 37.2. The van der Waals surface area contributed by atoms with Gasteiger partial charge in [0.2, 0.25) is 0 Å². The van der Waals surface area contributed by atoms with E-state index in [9.17, 15) is 5.11 Å². The highest BCUT2D eigenvalue weighted by Gasteiger charge is 2.62. The van der Waals surface area contributed by atoms with Crippen molar-refractivity contribution >= 4 is 0 Å². The highest BCUT2D eigenvalue weighted by atomic mass is 16.9. The van der Waals surface area contributed by atoms with Crippen molar-refractivity contribution in [2.24, 2.45) is 0 Å². The molecule has 10 heteroatoms. The average molecular weight is 394 g/mol. The van der Waals surface area contributed by atoms with Crippen molar-refractivity contribution in [3.8, 4) is 0 Å². The molecule has 4 unspecified atom stereocenters. The maximum absolute atomic E-state index is 10.6. The van der Waals surface area contributed by atoms with Gasteiger partial charge >= 0.3 is 0 Å². The minimum atomic E-state index is -0.847. The van der Waals surface area contributed by atoms with E-state index in [-0.39, 0.29) is 6.10 Å². The van der Waals surface area contributed by atoms with Crippen molar-refractivity contribution in [3.63, 3.8) is 0 Å². The summed E-state index contributed by atoms with van der Waals surface area (Å²) >= 11 is 0. The van der Waals surface area contributed by atoms with Gasteiger partial charge in [0.15, 0.2) is 0 Å². The fourth-order valence-corrected chi connectivity index (χ4v) is 3.44. The van der Waals surface area contributed by atoms with E-state index in [2.05, 4.69) is 0 Å². The standard InChI is InChI=1S/C17H30O10/c1-19-3-5-21-7-9-23-14-12-11(18)13-15(16(14)27-17(25-12)26-13)24-10-8-22-6-4-20-2/h11-18H,3-10H2,1-2H3/t11-,12-,13?,14?,15?,16+,17?/m0/s1. The van der Waals surface area contributed by atoms with Gasteiger partial charge in [0.1, 0.15) is 36.6 Å². The summed E-state index contributed by atoms with van der Waals surface area (Å²) in [4.78, 5) is 0. The van der Waals surface area contributed by atoms with Crippen LogP contribution < -0.4 is 0 Å². The molecule has 1 N–H and O–H groups in total. The van der Waals surface area contributed by atoms with Crippen molar-refractivity contribution in [1.29, 1.82) is 0 Å². The molecule has 0 spiro atoms. The first-order valence-electron chi connectivity index (χ1n) is 9.27. The zero-order chi connectivity index (χ0) is 19.1. The second-order valence-corrected chi connectivity index (χ2v) is 6.46. The molecule has 0 amide bonds. The van der Waals surface area contributed by atoms with Gasteiger partial charge < -0.3 is 47.7 Å². The van der Waals surface area contributed by atoms with Crippen LogP contribution in [0.15, 0.2) is 0 Å². The third kappa shape index (κ3) is 5.36. The van der Waals surface area contributed by atoms with E-state index in [0.29, 0.717) is 52.9 Å². The van der Waals surface area contributed by atoms with E-state index in [1.165, 1.54) is 0 Å². The average Bonchev–Trinajstić information content (AvgIpc) is 2.67. The Balaban J connectivity index is 1.46. The van der Waals surface area contributed by atoms with Gasteiger partial charge in [-0.2, -0.15) is 0 Å². The number of rotatable bonds is 14. The first-order chi connectivity index (χ1) is 13.3. The van der Waals surface area contributed by atoms with Crippen LogP contribution in [0.1, 0.15) is 0 Å². The van der Waals surface area contributed by atoms with Crippen LogP contribution in [0.4, 0.5) is 0 Å². The quantitative estimate of drug-likeness (QED) is 0.366.